The Morgan fingerprint density at radius 3 is 2.81 bits per heavy atom. The third kappa shape index (κ3) is 4.72. The van der Waals surface area contributed by atoms with Crippen LogP contribution in [0, 0.1) is 12.7 Å². The highest BCUT2D eigenvalue weighted by Crippen LogP contribution is 2.22. The van der Waals surface area contributed by atoms with E-state index in [4.69, 9.17) is 9.72 Å². The molecule has 188 valence electrons. The topological polar surface area (TPSA) is 90.1 Å². The first-order chi connectivity index (χ1) is 17.4. The number of likely N-dealkylation sites (tertiary alicyclic amines) is 1. The Labute approximate surface area is 209 Å². The summed E-state index contributed by atoms with van der Waals surface area (Å²) in [5.41, 5.74) is 1.28. The van der Waals surface area contributed by atoms with Crippen LogP contribution < -0.4 is 15.6 Å². The molecule has 0 spiro atoms. The summed E-state index contributed by atoms with van der Waals surface area (Å²) in [6, 6.07) is 10.1. The highest BCUT2D eigenvalue weighted by molar-refractivity contribution is 5.77. The number of hydrogen-bond donors (Lipinski definition) is 1. The zero-order valence-corrected chi connectivity index (χ0v) is 20.3. The summed E-state index contributed by atoms with van der Waals surface area (Å²) in [6.07, 6.45) is 5.09. The number of fused-ring (bicyclic) bond motifs is 1. The molecule has 9 nitrogen and oxygen atoms in total. The molecule has 4 heterocycles. The van der Waals surface area contributed by atoms with Crippen LogP contribution in [0.25, 0.3) is 16.9 Å². The van der Waals surface area contributed by atoms with E-state index in [1.54, 1.807) is 35.9 Å². The van der Waals surface area contributed by atoms with Crippen molar-refractivity contribution in [2.24, 2.45) is 0 Å². The monoisotopic (exact) mass is 491 g/mol. The largest absolute Gasteiger partial charge is 0.474 e. The van der Waals surface area contributed by atoms with Crippen LogP contribution in [-0.2, 0) is 6.54 Å². The van der Waals surface area contributed by atoms with Crippen molar-refractivity contribution in [1.29, 1.82) is 0 Å². The minimum atomic E-state index is -0.291. The molecule has 1 aliphatic heterocycles. The van der Waals surface area contributed by atoms with Gasteiger partial charge in [0.1, 0.15) is 17.3 Å². The average molecular weight is 492 g/mol. The summed E-state index contributed by atoms with van der Waals surface area (Å²) in [5.74, 6) is 0.977. The molecule has 36 heavy (non-hydrogen) atoms. The van der Waals surface area contributed by atoms with Crippen LogP contribution in [0.3, 0.4) is 0 Å². The Bertz CT molecular complexity index is 1480. The standard InChI is InChI=1S/C26H28FN7O2.H2/c1-4-12-33-25(35)20-16-28-26(29-18-8-9-21(27)17(2)15-18)31-24(20)34(33)22-6-5-7-23(30-22)36-19-10-13-32(3)14-11-19;/h4-9,15-16,19H,1,10-14H2,2-3H3,(H,28,29,31);1H. The van der Waals surface area contributed by atoms with Gasteiger partial charge in [-0.25, -0.2) is 18.7 Å². The lowest BCUT2D eigenvalue weighted by atomic mass is 10.1. The van der Waals surface area contributed by atoms with Gasteiger partial charge in [0, 0.05) is 32.5 Å². The van der Waals surface area contributed by atoms with E-state index < -0.39 is 0 Å². The Hall–Kier alpha value is -4.05. The number of piperidine rings is 1. The number of allylic oxidation sites excluding steroid dienone is 1. The Balaban J connectivity index is 0.00000320. The quantitative estimate of drug-likeness (QED) is 0.390. The third-order valence-electron chi connectivity index (χ3n) is 6.27. The van der Waals surface area contributed by atoms with Crippen LogP contribution in [-0.4, -0.2) is 55.5 Å². The summed E-state index contributed by atoms with van der Waals surface area (Å²) >= 11 is 0. The van der Waals surface area contributed by atoms with E-state index in [-0.39, 0.29) is 31.4 Å². The Morgan fingerprint density at radius 2 is 2.06 bits per heavy atom. The van der Waals surface area contributed by atoms with E-state index in [1.807, 2.05) is 12.1 Å². The van der Waals surface area contributed by atoms with Gasteiger partial charge in [-0.2, -0.15) is 9.97 Å². The summed E-state index contributed by atoms with van der Waals surface area (Å²) in [7, 11) is 2.10. The molecule has 1 N–H and O–H groups in total. The normalized spacial score (nSPS) is 14.8. The highest BCUT2D eigenvalue weighted by Gasteiger charge is 2.21. The lowest BCUT2D eigenvalue weighted by molar-refractivity contribution is 0.110. The number of nitrogens with one attached hydrogen (secondary N) is 1. The number of rotatable bonds is 7. The number of benzene rings is 1. The molecule has 0 aliphatic carbocycles. The van der Waals surface area contributed by atoms with Gasteiger partial charge in [-0.3, -0.25) is 4.79 Å². The summed E-state index contributed by atoms with van der Waals surface area (Å²) in [4.78, 5) is 29.1. The fraction of sp³-hybridized carbons (Fsp3) is 0.308. The van der Waals surface area contributed by atoms with Crippen molar-refractivity contribution in [3.8, 4) is 11.7 Å². The number of pyridine rings is 1. The summed E-state index contributed by atoms with van der Waals surface area (Å²) in [5, 5.41) is 3.44. The maximum absolute atomic E-state index is 13.7. The molecular weight excluding hydrogens is 461 g/mol. The van der Waals surface area contributed by atoms with Gasteiger partial charge in [-0.1, -0.05) is 12.1 Å². The van der Waals surface area contributed by atoms with Crippen molar-refractivity contribution < 1.29 is 10.6 Å². The fourth-order valence-corrected chi connectivity index (χ4v) is 4.32. The van der Waals surface area contributed by atoms with Gasteiger partial charge in [-0.15, -0.1) is 6.58 Å². The predicted molar refractivity (Wildman–Crippen MR) is 139 cm³/mol. The second kappa shape index (κ2) is 9.90. The Morgan fingerprint density at radius 1 is 1.25 bits per heavy atom. The van der Waals surface area contributed by atoms with Gasteiger partial charge in [0.25, 0.3) is 5.56 Å². The van der Waals surface area contributed by atoms with Gasteiger partial charge in [0.15, 0.2) is 11.5 Å². The van der Waals surface area contributed by atoms with E-state index in [1.165, 1.54) is 16.9 Å². The van der Waals surface area contributed by atoms with Crippen LogP contribution >= 0.6 is 0 Å². The first kappa shape index (κ1) is 23.7. The van der Waals surface area contributed by atoms with Gasteiger partial charge in [0.05, 0.1) is 6.54 Å². The number of ether oxygens (including phenoxy) is 1. The number of nitrogens with zero attached hydrogens (tertiary/aromatic N) is 6. The molecular formula is C26H30FN7O2. The molecule has 0 atom stereocenters. The van der Waals surface area contributed by atoms with E-state index in [0.717, 1.165) is 25.9 Å². The first-order valence-electron chi connectivity index (χ1n) is 11.9. The van der Waals surface area contributed by atoms with Crippen molar-refractivity contribution in [2.75, 3.05) is 25.5 Å². The minimum Gasteiger partial charge on any atom is -0.474 e. The van der Waals surface area contributed by atoms with Crippen molar-refractivity contribution in [2.45, 2.75) is 32.4 Å². The van der Waals surface area contributed by atoms with Crippen LogP contribution in [0.4, 0.5) is 16.0 Å². The molecule has 0 radical (unpaired) electrons. The highest BCUT2D eigenvalue weighted by atomic mass is 19.1. The van der Waals surface area contributed by atoms with Crippen LogP contribution in [0.5, 0.6) is 5.88 Å². The molecule has 1 fully saturated rings. The molecule has 10 heteroatoms. The molecule has 1 aromatic carbocycles. The first-order valence-corrected chi connectivity index (χ1v) is 11.9. The Kier molecular flexibility index (Phi) is 6.51. The van der Waals surface area contributed by atoms with E-state index in [2.05, 4.69) is 33.8 Å². The summed E-state index contributed by atoms with van der Waals surface area (Å²) < 4.78 is 23.0. The molecule has 1 saturated heterocycles. The van der Waals surface area contributed by atoms with Crippen molar-refractivity contribution in [3.05, 3.63) is 77.0 Å². The maximum atomic E-state index is 13.7. The number of anilines is 2. The maximum Gasteiger partial charge on any atom is 0.278 e. The van der Waals surface area contributed by atoms with E-state index >= 15 is 0 Å². The molecule has 0 saturated carbocycles. The predicted octanol–water partition coefficient (Wildman–Crippen LogP) is 4.07. The van der Waals surface area contributed by atoms with Crippen molar-refractivity contribution >= 4 is 22.7 Å². The van der Waals surface area contributed by atoms with Gasteiger partial charge in [-0.05, 0) is 56.6 Å². The molecule has 0 unspecified atom stereocenters. The van der Waals surface area contributed by atoms with E-state index in [9.17, 15) is 9.18 Å². The average Bonchev–Trinajstić information content (AvgIpc) is 3.14. The second-order valence-electron chi connectivity index (χ2n) is 8.96. The molecule has 3 aromatic heterocycles. The number of hydrogen-bond acceptors (Lipinski definition) is 7. The van der Waals surface area contributed by atoms with Gasteiger partial charge < -0.3 is 15.0 Å². The zero-order valence-electron chi connectivity index (χ0n) is 20.3. The van der Waals surface area contributed by atoms with Crippen molar-refractivity contribution in [3.63, 3.8) is 0 Å². The second-order valence-corrected chi connectivity index (χ2v) is 8.96. The van der Waals surface area contributed by atoms with Crippen LogP contribution in [0.1, 0.15) is 19.8 Å². The number of aromatic nitrogens is 5. The van der Waals surface area contributed by atoms with Gasteiger partial charge in [0.2, 0.25) is 11.8 Å². The zero-order chi connectivity index (χ0) is 25.2. The molecule has 4 aromatic rings. The smallest absolute Gasteiger partial charge is 0.278 e. The third-order valence-corrected chi connectivity index (χ3v) is 6.27. The van der Waals surface area contributed by atoms with Crippen LogP contribution in [0.15, 0.2) is 60.0 Å². The molecule has 5 rings (SSSR count). The molecule has 1 aliphatic rings. The number of aryl methyl sites for hydroxylation is 1. The van der Waals surface area contributed by atoms with E-state index in [0.29, 0.717) is 34.0 Å². The number of halogens is 1. The SMILES string of the molecule is C=CCn1c(=O)c2cnc(Nc3ccc(F)c(C)c3)nc2n1-c1cccc(OC2CCN(C)CC2)n1.[HH]. The lowest BCUT2D eigenvalue weighted by Crippen LogP contribution is -2.35. The molecule has 0 amide bonds. The van der Waals surface area contributed by atoms with Crippen molar-refractivity contribution in [1.82, 2.24) is 29.2 Å². The van der Waals surface area contributed by atoms with Crippen LogP contribution in [0.2, 0.25) is 0 Å². The molecule has 0 bridgehead atoms. The fourth-order valence-electron chi connectivity index (χ4n) is 4.32. The summed E-state index contributed by atoms with van der Waals surface area (Å²) in [6.45, 7) is 7.69. The minimum absolute atomic E-state index is 0. The lowest BCUT2D eigenvalue weighted by Gasteiger charge is -2.29. The van der Waals surface area contributed by atoms with Gasteiger partial charge >= 0.3 is 0 Å².